The first-order valence-corrected chi connectivity index (χ1v) is 10.3. The molecular formula is C26H26N2O2. The molecule has 2 N–H and O–H groups in total. The number of aromatic hydroxyl groups is 1. The molecule has 3 aromatic carbocycles. The monoisotopic (exact) mass is 398 g/mol. The van der Waals surface area contributed by atoms with Gasteiger partial charge in [0, 0.05) is 36.1 Å². The average Bonchev–Trinajstić information content (AvgIpc) is 2.92. The molecule has 0 aliphatic carbocycles. The summed E-state index contributed by atoms with van der Waals surface area (Å²) in [6.45, 7) is 5.05. The smallest absolute Gasteiger partial charge is 0.211 e. The van der Waals surface area contributed by atoms with Crippen LogP contribution in [0.2, 0.25) is 0 Å². The molecule has 152 valence electrons. The number of benzene rings is 3. The third-order valence-electron chi connectivity index (χ3n) is 6.57. The SMILES string of the molecule is CN1c2ccccc2C(C)(C)C12C=Cc1cc(NCc3ccccc3O)ccc1O2. The van der Waals surface area contributed by atoms with Gasteiger partial charge >= 0.3 is 0 Å². The van der Waals surface area contributed by atoms with Gasteiger partial charge in [-0.3, -0.25) is 0 Å². The van der Waals surface area contributed by atoms with Gasteiger partial charge in [-0.25, -0.2) is 0 Å². The number of fused-ring (bicyclic) bond motifs is 2. The van der Waals surface area contributed by atoms with Crippen LogP contribution >= 0.6 is 0 Å². The molecule has 30 heavy (non-hydrogen) atoms. The van der Waals surface area contributed by atoms with E-state index in [9.17, 15) is 5.11 Å². The molecule has 0 saturated heterocycles. The predicted octanol–water partition coefficient (Wildman–Crippen LogP) is 5.53. The van der Waals surface area contributed by atoms with Crippen molar-refractivity contribution in [1.82, 2.24) is 0 Å². The molecule has 2 aliphatic rings. The Morgan fingerprint density at radius 3 is 2.57 bits per heavy atom. The molecule has 2 heterocycles. The summed E-state index contributed by atoms with van der Waals surface area (Å²) < 4.78 is 6.70. The fraction of sp³-hybridized carbons (Fsp3) is 0.231. The van der Waals surface area contributed by atoms with Crippen molar-refractivity contribution in [2.45, 2.75) is 31.5 Å². The first-order valence-electron chi connectivity index (χ1n) is 10.3. The molecule has 0 bridgehead atoms. The zero-order valence-corrected chi connectivity index (χ0v) is 17.5. The lowest BCUT2D eigenvalue weighted by molar-refractivity contribution is 0.0582. The highest BCUT2D eigenvalue weighted by Gasteiger charge is 2.57. The molecule has 0 fully saturated rings. The van der Waals surface area contributed by atoms with E-state index >= 15 is 0 Å². The molecule has 1 spiro atoms. The number of ether oxygens (including phenoxy) is 1. The van der Waals surface area contributed by atoms with Crippen molar-refractivity contribution in [3.63, 3.8) is 0 Å². The lowest BCUT2D eigenvalue weighted by Gasteiger charge is -2.45. The van der Waals surface area contributed by atoms with E-state index in [0.717, 1.165) is 22.6 Å². The summed E-state index contributed by atoms with van der Waals surface area (Å²) in [6.07, 6.45) is 4.34. The minimum Gasteiger partial charge on any atom is -0.508 e. The second-order valence-corrected chi connectivity index (χ2v) is 8.57. The first-order chi connectivity index (χ1) is 14.4. The molecule has 1 unspecified atom stereocenters. The Kier molecular flexibility index (Phi) is 4.07. The van der Waals surface area contributed by atoms with Gasteiger partial charge in [0.1, 0.15) is 11.5 Å². The van der Waals surface area contributed by atoms with E-state index in [4.69, 9.17) is 4.74 Å². The standard InChI is InChI=1S/C26H26N2O2/c1-25(2)21-9-5-6-10-22(21)28(3)26(25)15-14-18-16-20(12-13-24(18)30-26)27-17-19-8-4-7-11-23(19)29/h4-16,27,29H,17H2,1-3H3. The largest absolute Gasteiger partial charge is 0.508 e. The number of rotatable bonds is 3. The molecule has 5 rings (SSSR count). The minimum absolute atomic E-state index is 0.200. The van der Waals surface area contributed by atoms with Crippen LogP contribution in [0.5, 0.6) is 11.5 Å². The molecule has 2 aliphatic heterocycles. The van der Waals surface area contributed by atoms with E-state index in [2.05, 4.69) is 73.6 Å². The number of hydrogen-bond donors (Lipinski definition) is 2. The molecule has 1 atom stereocenters. The maximum absolute atomic E-state index is 9.97. The second kappa shape index (κ2) is 6.56. The average molecular weight is 399 g/mol. The van der Waals surface area contributed by atoms with Gasteiger partial charge in [-0.2, -0.15) is 0 Å². The highest BCUT2D eigenvalue weighted by molar-refractivity contribution is 5.73. The number of para-hydroxylation sites is 2. The Bertz CT molecular complexity index is 1150. The lowest BCUT2D eigenvalue weighted by Crippen LogP contribution is -2.58. The number of phenols is 1. The predicted molar refractivity (Wildman–Crippen MR) is 122 cm³/mol. The highest BCUT2D eigenvalue weighted by atomic mass is 16.5. The Labute approximate surface area is 177 Å². The van der Waals surface area contributed by atoms with Gasteiger partial charge in [0.25, 0.3) is 0 Å². The van der Waals surface area contributed by atoms with Gasteiger partial charge < -0.3 is 20.1 Å². The van der Waals surface area contributed by atoms with Crippen molar-refractivity contribution < 1.29 is 9.84 Å². The van der Waals surface area contributed by atoms with Crippen LogP contribution in [0, 0.1) is 0 Å². The Balaban J connectivity index is 1.43. The van der Waals surface area contributed by atoms with Crippen LogP contribution in [0.25, 0.3) is 6.08 Å². The van der Waals surface area contributed by atoms with Crippen LogP contribution in [0.3, 0.4) is 0 Å². The quantitative estimate of drug-likeness (QED) is 0.609. The lowest BCUT2D eigenvalue weighted by atomic mass is 9.76. The summed E-state index contributed by atoms with van der Waals surface area (Å²) in [5.74, 6) is 1.18. The normalized spacial score (nSPS) is 20.6. The summed E-state index contributed by atoms with van der Waals surface area (Å²) in [5, 5.41) is 13.4. The summed E-state index contributed by atoms with van der Waals surface area (Å²) in [7, 11) is 2.10. The third-order valence-corrected chi connectivity index (χ3v) is 6.57. The fourth-order valence-electron chi connectivity index (χ4n) is 4.75. The van der Waals surface area contributed by atoms with Gasteiger partial charge in [-0.1, -0.05) is 36.4 Å². The minimum atomic E-state index is -0.561. The number of hydrogen-bond acceptors (Lipinski definition) is 4. The van der Waals surface area contributed by atoms with E-state index in [1.54, 1.807) is 6.07 Å². The van der Waals surface area contributed by atoms with Crippen molar-refractivity contribution in [2.24, 2.45) is 0 Å². The van der Waals surface area contributed by atoms with Crippen molar-refractivity contribution in [2.75, 3.05) is 17.3 Å². The third kappa shape index (κ3) is 2.60. The van der Waals surface area contributed by atoms with Gasteiger partial charge in [-0.05, 0) is 61.9 Å². The van der Waals surface area contributed by atoms with Gasteiger partial charge in [0.15, 0.2) is 0 Å². The van der Waals surface area contributed by atoms with E-state index in [0.29, 0.717) is 12.3 Å². The maximum Gasteiger partial charge on any atom is 0.211 e. The number of nitrogens with zero attached hydrogens (tertiary/aromatic N) is 1. The molecule has 0 radical (unpaired) electrons. The van der Waals surface area contributed by atoms with Crippen molar-refractivity contribution >= 4 is 17.5 Å². The number of anilines is 2. The number of likely N-dealkylation sites (N-methyl/N-ethyl adjacent to an activating group) is 1. The topological polar surface area (TPSA) is 44.7 Å². The van der Waals surface area contributed by atoms with Crippen LogP contribution in [0.4, 0.5) is 11.4 Å². The van der Waals surface area contributed by atoms with E-state index in [-0.39, 0.29) is 5.41 Å². The summed E-state index contributed by atoms with van der Waals surface area (Å²) in [4.78, 5) is 2.24. The molecule has 0 saturated carbocycles. The van der Waals surface area contributed by atoms with Crippen molar-refractivity contribution in [3.8, 4) is 11.5 Å². The van der Waals surface area contributed by atoms with Crippen molar-refractivity contribution in [1.29, 1.82) is 0 Å². The summed E-state index contributed by atoms with van der Waals surface area (Å²) >= 11 is 0. The molecular weight excluding hydrogens is 372 g/mol. The molecule has 4 nitrogen and oxygen atoms in total. The maximum atomic E-state index is 9.97. The summed E-state index contributed by atoms with van der Waals surface area (Å²) in [6, 6.07) is 22.1. The van der Waals surface area contributed by atoms with E-state index < -0.39 is 5.72 Å². The van der Waals surface area contributed by atoms with E-state index in [1.165, 1.54) is 11.3 Å². The zero-order chi connectivity index (χ0) is 20.9. The van der Waals surface area contributed by atoms with Crippen LogP contribution in [-0.2, 0) is 12.0 Å². The fourth-order valence-corrected chi connectivity index (χ4v) is 4.75. The molecule has 0 aromatic heterocycles. The number of nitrogens with one attached hydrogen (secondary N) is 1. The summed E-state index contributed by atoms with van der Waals surface area (Å²) in [5.41, 5.74) is 4.64. The Morgan fingerprint density at radius 1 is 1.00 bits per heavy atom. The Hall–Kier alpha value is -3.40. The number of phenolic OH excluding ortho intramolecular Hbond substituents is 1. The van der Waals surface area contributed by atoms with E-state index in [1.807, 2.05) is 30.3 Å². The molecule has 3 aromatic rings. The van der Waals surface area contributed by atoms with Gasteiger partial charge in [0.2, 0.25) is 5.72 Å². The van der Waals surface area contributed by atoms with Gasteiger partial charge in [0.05, 0.1) is 5.41 Å². The molecule has 0 amide bonds. The van der Waals surface area contributed by atoms with Crippen LogP contribution < -0.4 is 15.0 Å². The zero-order valence-electron chi connectivity index (χ0n) is 17.5. The van der Waals surface area contributed by atoms with Crippen LogP contribution in [0.15, 0.2) is 72.8 Å². The Morgan fingerprint density at radius 2 is 1.77 bits per heavy atom. The van der Waals surface area contributed by atoms with Crippen LogP contribution in [-0.4, -0.2) is 17.9 Å². The van der Waals surface area contributed by atoms with Gasteiger partial charge in [-0.15, -0.1) is 0 Å². The molecule has 4 heteroatoms. The van der Waals surface area contributed by atoms with Crippen LogP contribution in [0.1, 0.15) is 30.5 Å². The second-order valence-electron chi connectivity index (χ2n) is 8.57. The first kappa shape index (κ1) is 18.6. The van der Waals surface area contributed by atoms with Crippen molar-refractivity contribution in [3.05, 3.63) is 89.5 Å². The highest BCUT2D eigenvalue weighted by Crippen LogP contribution is 2.54.